The summed E-state index contributed by atoms with van der Waals surface area (Å²) in [6, 6.07) is 0.240. The average molecular weight is 270 g/mol. The Kier molecular flexibility index (Phi) is 2.90. The molecule has 1 aromatic rings. The van der Waals surface area contributed by atoms with Crippen LogP contribution in [0.15, 0.2) is 5.16 Å². The molecule has 1 heterocycles. The maximum atomic E-state index is 11.5. The van der Waals surface area contributed by atoms with Crippen LogP contribution in [-0.2, 0) is 16.4 Å². The van der Waals surface area contributed by atoms with Crippen molar-refractivity contribution in [3.05, 3.63) is 5.82 Å². The molecule has 1 aromatic heterocycles. The highest BCUT2D eigenvalue weighted by Gasteiger charge is 2.33. The Morgan fingerprint density at radius 2 is 1.83 bits per heavy atom. The zero-order chi connectivity index (χ0) is 12.8. The zero-order valence-electron chi connectivity index (χ0n) is 10.2. The van der Waals surface area contributed by atoms with E-state index < -0.39 is 10.0 Å². The first-order valence-electron chi connectivity index (χ1n) is 6.52. The van der Waals surface area contributed by atoms with Crippen LogP contribution in [0.2, 0.25) is 0 Å². The van der Waals surface area contributed by atoms with E-state index in [1.54, 1.807) is 4.57 Å². The molecule has 2 aliphatic carbocycles. The van der Waals surface area contributed by atoms with E-state index in [0.29, 0.717) is 5.92 Å². The molecule has 0 aliphatic heterocycles. The lowest BCUT2D eigenvalue weighted by Gasteiger charge is -2.11. The van der Waals surface area contributed by atoms with Crippen molar-refractivity contribution < 1.29 is 8.42 Å². The van der Waals surface area contributed by atoms with Crippen molar-refractivity contribution in [3.63, 3.8) is 0 Å². The second-order valence-corrected chi connectivity index (χ2v) is 6.85. The van der Waals surface area contributed by atoms with Crippen molar-refractivity contribution in [2.75, 3.05) is 0 Å². The van der Waals surface area contributed by atoms with Crippen LogP contribution in [0.5, 0.6) is 0 Å². The van der Waals surface area contributed by atoms with Crippen LogP contribution in [0, 0.1) is 5.92 Å². The van der Waals surface area contributed by atoms with Gasteiger partial charge in [0.15, 0.2) is 0 Å². The Hall–Kier alpha value is -0.950. The van der Waals surface area contributed by atoms with Gasteiger partial charge in [-0.3, -0.25) is 4.57 Å². The molecule has 0 aromatic carbocycles. The third kappa shape index (κ3) is 2.29. The minimum Gasteiger partial charge on any atom is -0.298 e. The summed E-state index contributed by atoms with van der Waals surface area (Å²) in [5.74, 6) is 1.42. The van der Waals surface area contributed by atoms with E-state index in [2.05, 4.69) is 10.2 Å². The van der Waals surface area contributed by atoms with Crippen LogP contribution < -0.4 is 5.14 Å². The molecule has 18 heavy (non-hydrogen) atoms. The van der Waals surface area contributed by atoms with Crippen molar-refractivity contribution in [1.29, 1.82) is 0 Å². The van der Waals surface area contributed by atoms with E-state index in [4.69, 9.17) is 5.14 Å². The fourth-order valence-electron chi connectivity index (χ4n) is 2.81. The number of hydrogen-bond acceptors (Lipinski definition) is 4. The molecule has 7 heteroatoms. The lowest BCUT2D eigenvalue weighted by molar-refractivity contribution is 0.498. The minimum absolute atomic E-state index is 0.0574. The fraction of sp³-hybridized carbons (Fsp3) is 0.818. The molecule has 2 fully saturated rings. The zero-order valence-corrected chi connectivity index (χ0v) is 11.1. The number of sulfonamides is 1. The Labute approximate surface area is 107 Å². The van der Waals surface area contributed by atoms with Crippen LogP contribution in [0.1, 0.15) is 50.4 Å². The Balaban J connectivity index is 1.91. The molecule has 2 saturated carbocycles. The van der Waals surface area contributed by atoms with Crippen LogP contribution in [0.4, 0.5) is 0 Å². The molecule has 0 saturated heterocycles. The standard InChI is InChI=1S/C11H18N4O2S/c12-18(16,17)11-14-13-10(15(11)9-5-6-9)7-8-3-1-2-4-8/h8-9H,1-7H2,(H2,12,16,17). The summed E-state index contributed by atoms with van der Waals surface area (Å²) < 4.78 is 24.7. The van der Waals surface area contributed by atoms with Gasteiger partial charge in [0.2, 0.25) is 0 Å². The van der Waals surface area contributed by atoms with Gasteiger partial charge in [-0.2, -0.15) is 0 Å². The van der Waals surface area contributed by atoms with Gasteiger partial charge in [0.1, 0.15) is 5.82 Å². The second-order valence-electron chi connectivity index (χ2n) is 5.40. The summed E-state index contributed by atoms with van der Waals surface area (Å²) in [7, 11) is -3.76. The lowest BCUT2D eigenvalue weighted by atomic mass is 10.0. The number of aromatic nitrogens is 3. The normalized spacial score (nSPS) is 21.6. The van der Waals surface area contributed by atoms with E-state index in [1.807, 2.05) is 0 Å². The first-order valence-corrected chi connectivity index (χ1v) is 8.07. The van der Waals surface area contributed by atoms with Crippen LogP contribution >= 0.6 is 0 Å². The summed E-state index contributed by atoms with van der Waals surface area (Å²) in [6.45, 7) is 0. The Morgan fingerprint density at radius 3 is 2.39 bits per heavy atom. The molecule has 0 atom stereocenters. The predicted octanol–water partition coefficient (Wildman–Crippen LogP) is 0.993. The Morgan fingerprint density at radius 1 is 1.17 bits per heavy atom. The van der Waals surface area contributed by atoms with E-state index in [9.17, 15) is 8.42 Å². The number of primary sulfonamides is 1. The number of hydrogen-bond donors (Lipinski definition) is 1. The molecule has 3 rings (SSSR count). The highest BCUT2D eigenvalue weighted by atomic mass is 32.2. The molecule has 0 amide bonds. The minimum atomic E-state index is -3.76. The van der Waals surface area contributed by atoms with Crippen molar-refractivity contribution in [3.8, 4) is 0 Å². The van der Waals surface area contributed by atoms with E-state index >= 15 is 0 Å². The van der Waals surface area contributed by atoms with E-state index in [0.717, 1.165) is 25.1 Å². The van der Waals surface area contributed by atoms with E-state index in [1.165, 1.54) is 25.7 Å². The molecular weight excluding hydrogens is 252 g/mol. The van der Waals surface area contributed by atoms with Crippen LogP contribution in [0.3, 0.4) is 0 Å². The van der Waals surface area contributed by atoms with Gasteiger partial charge < -0.3 is 0 Å². The first kappa shape index (κ1) is 12.1. The summed E-state index contributed by atoms with van der Waals surface area (Å²) in [4.78, 5) is 0. The highest BCUT2D eigenvalue weighted by molar-refractivity contribution is 7.89. The van der Waals surface area contributed by atoms with Gasteiger partial charge in [-0.25, -0.2) is 13.6 Å². The maximum Gasteiger partial charge on any atom is 0.273 e. The molecule has 6 nitrogen and oxygen atoms in total. The molecule has 2 N–H and O–H groups in total. The summed E-state index contributed by atoms with van der Waals surface area (Å²) >= 11 is 0. The van der Waals surface area contributed by atoms with Gasteiger partial charge in [0, 0.05) is 12.5 Å². The quantitative estimate of drug-likeness (QED) is 0.883. The molecular formula is C11H18N4O2S. The van der Waals surface area contributed by atoms with Gasteiger partial charge in [0.25, 0.3) is 15.2 Å². The van der Waals surface area contributed by atoms with Crippen molar-refractivity contribution in [2.45, 2.75) is 56.1 Å². The molecule has 0 spiro atoms. The van der Waals surface area contributed by atoms with Crippen molar-refractivity contribution in [2.24, 2.45) is 11.1 Å². The van der Waals surface area contributed by atoms with Gasteiger partial charge in [0.05, 0.1) is 0 Å². The van der Waals surface area contributed by atoms with Crippen LogP contribution in [-0.4, -0.2) is 23.2 Å². The van der Waals surface area contributed by atoms with Crippen molar-refractivity contribution in [1.82, 2.24) is 14.8 Å². The third-order valence-corrected chi connectivity index (χ3v) is 4.63. The molecule has 100 valence electrons. The first-order chi connectivity index (χ1) is 8.55. The molecule has 0 unspecified atom stereocenters. The second kappa shape index (κ2) is 4.31. The van der Waals surface area contributed by atoms with Gasteiger partial charge in [-0.15, -0.1) is 10.2 Å². The monoisotopic (exact) mass is 270 g/mol. The number of nitrogens with two attached hydrogens (primary N) is 1. The smallest absolute Gasteiger partial charge is 0.273 e. The predicted molar refractivity (Wildman–Crippen MR) is 65.3 cm³/mol. The van der Waals surface area contributed by atoms with Crippen LogP contribution in [0.25, 0.3) is 0 Å². The van der Waals surface area contributed by atoms with E-state index in [-0.39, 0.29) is 11.2 Å². The lowest BCUT2D eigenvalue weighted by Crippen LogP contribution is -2.19. The van der Waals surface area contributed by atoms with Crippen molar-refractivity contribution >= 4 is 10.0 Å². The SMILES string of the molecule is NS(=O)(=O)c1nnc(CC2CCCC2)n1C1CC1. The van der Waals surface area contributed by atoms with Gasteiger partial charge in [-0.1, -0.05) is 25.7 Å². The largest absolute Gasteiger partial charge is 0.298 e. The third-order valence-electron chi connectivity index (χ3n) is 3.85. The summed E-state index contributed by atoms with van der Waals surface area (Å²) in [5, 5.41) is 13.0. The maximum absolute atomic E-state index is 11.5. The summed E-state index contributed by atoms with van der Waals surface area (Å²) in [6.07, 6.45) is 7.79. The topological polar surface area (TPSA) is 90.9 Å². The highest BCUT2D eigenvalue weighted by Crippen LogP contribution is 2.38. The Bertz CT molecular complexity index is 541. The van der Waals surface area contributed by atoms with Gasteiger partial charge in [-0.05, 0) is 18.8 Å². The summed E-state index contributed by atoms with van der Waals surface area (Å²) in [5.41, 5.74) is 0. The number of nitrogens with zero attached hydrogens (tertiary/aromatic N) is 3. The molecule has 0 bridgehead atoms. The fourth-order valence-corrected chi connectivity index (χ4v) is 3.50. The molecule has 2 aliphatic rings. The van der Waals surface area contributed by atoms with Gasteiger partial charge >= 0.3 is 0 Å². The molecule has 0 radical (unpaired) electrons. The number of rotatable bonds is 4. The average Bonchev–Trinajstić information content (AvgIpc) is 2.84.